The van der Waals surface area contributed by atoms with Crippen LogP contribution in [-0.4, -0.2) is 25.5 Å². The van der Waals surface area contributed by atoms with E-state index in [2.05, 4.69) is 10.6 Å². The summed E-state index contributed by atoms with van der Waals surface area (Å²) in [6, 6.07) is 1.89. The first-order chi connectivity index (χ1) is 5.84. The first kappa shape index (κ1) is 9.01. The van der Waals surface area contributed by atoms with E-state index in [1.165, 1.54) is 0 Å². The van der Waals surface area contributed by atoms with Crippen molar-refractivity contribution >= 4 is 5.91 Å². The predicted octanol–water partition coefficient (Wildman–Crippen LogP) is -0.374. The molecule has 0 aliphatic carbocycles. The fourth-order valence-corrected chi connectivity index (χ4v) is 1.35. The molecule has 12 heavy (non-hydrogen) atoms. The van der Waals surface area contributed by atoms with Gasteiger partial charge < -0.3 is 10.6 Å². The van der Waals surface area contributed by atoms with E-state index in [9.17, 15) is 4.79 Å². The maximum absolute atomic E-state index is 11.3. The van der Waals surface area contributed by atoms with Gasteiger partial charge in [0.05, 0.1) is 12.0 Å². The largest absolute Gasteiger partial charge is 0.343 e. The molecule has 1 atom stereocenters. The van der Waals surface area contributed by atoms with Crippen LogP contribution in [0.4, 0.5) is 0 Å². The summed E-state index contributed by atoms with van der Waals surface area (Å²) in [5.41, 5.74) is 0. The van der Waals surface area contributed by atoms with Crippen LogP contribution < -0.4 is 10.6 Å². The Morgan fingerprint density at radius 1 is 1.75 bits per heavy atom. The lowest BCUT2D eigenvalue weighted by Crippen LogP contribution is -2.40. The lowest BCUT2D eigenvalue weighted by molar-refractivity contribution is -0.125. The second-order valence-corrected chi connectivity index (χ2v) is 2.92. The molecule has 1 amide bonds. The standard InChI is InChI=1S/C8H13N3O/c9-3-5-11-8(12)7-2-1-4-10-6-7/h7,10H,1-2,4-6H2,(H,11,12)/t7-/m0/s1. The summed E-state index contributed by atoms with van der Waals surface area (Å²) >= 11 is 0. The number of hydrogen-bond acceptors (Lipinski definition) is 3. The second-order valence-electron chi connectivity index (χ2n) is 2.92. The lowest BCUT2D eigenvalue weighted by atomic mass is 9.99. The molecule has 4 heteroatoms. The fraction of sp³-hybridized carbons (Fsp3) is 0.750. The number of nitriles is 1. The molecule has 1 aliphatic rings. The zero-order chi connectivity index (χ0) is 8.81. The molecule has 1 rings (SSSR count). The van der Waals surface area contributed by atoms with Gasteiger partial charge in [0.15, 0.2) is 0 Å². The third-order valence-corrected chi connectivity index (χ3v) is 2.01. The van der Waals surface area contributed by atoms with Crippen molar-refractivity contribution in [2.75, 3.05) is 19.6 Å². The average Bonchev–Trinajstić information content (AvgIpc) is 2.15. The quantitative estimate of drug-likeness (QED) is 0.551. The molecule has 1 aliphatic heterocycles. The molecular weight excluding hydrogens is 154 g/mol. The van der Waals surface area contributed by atoms with Gasteiger partial charge in [-0.2, -0.15) is 5.26 Å². The minimum Gasteiger partial charge on any atom is -0.343 e. The van der Waals surface area contributed by atoms with Crippen molar-refractivity contribution in [2.45, 2.75) is 12.8 Å². The van der Waals surface area contributed by atoms with Crippen molar-refractivity contribution < 1.29 is 4.79 Å². The Bertz CT molecular complexity index is 191. The van der Waals surface area contributed by atoms with Crippen LogP contribution >= 0.6 is 0 Å². The smallest absolute Gasteiger partial charge is 0.225 e. The van der Waals surface area contributed by atoms with E-state index in [4.69, 9.17) is 5.26 Å². The highest BCUT2D eigenvalue weighted by Crippen LogP contribution is 2.09. The molecule has 0 aromatic heterocycles. The van der Waals surface area contributed by atoms with E-state index in [-0.39, 0.29) is 18.4 Å². The summed E-state index contributed by atoms with van der Waals surface area (Å²) in [7, 11) is 0. The van der Waals surface area contributed by atoms with Gasteiger partial charge in [0.1, 0.15) is 6.54 Å². The van der Waals surface area contributed by atoms with Crippen LogP contribution in [0, 0.1) is 17.2 Å². The zero-order valence-electron chi connectivity index (χ0n) is 6.97. The fourth-order valence-electron chi connectivity index (χ4n) is 1.35. The topological polar surface area (TPSA) is 64.9 Å². The molecule has 66 valence electrons. The van der Waals surface area contributed by atoms with Crippen LogP contribution in [0.3, 0.4) is 0 Å². The molecule has 0 radical (unpaired) electrons. The van der Waals surface area contributed by atoms with Crippen LogP contribution in [0.2, 0.25) is 0 Å². The van der Waals surface area contributed by atoms with Crippen molar-refractivity contribution in [1.29, 1.82) is 5.26 Å². The monoisotopic (exact) mass is 167 g/mol. The average molecular weight is 167 g/mol. The Kier molecular flexibility index (Phi) is 3.55. The van der Waals surface area contributed by atoms with Gasteiger partial charge in [-0.3, -0.25) is 4.79 Å². The number of carbonyl (C=O) groups is 1. The van der Waals surface area contributed by atoms with Gasteiger partial charge in [-0.05, 0) is 19.4 Å². The molecule has 1 heterocycles. The number of rotatable bonds is 2. The Morgan fingerprint density at radius 3 is 3.17 bits per heavy atom. The van der Waals surface area contributed by atoms with Crippen LogP contribution in [0.15, 0.2) is 0 Å². The molecule has 0 saturated carbocycles. The normalized spacial score (nSPS) is 22.8. The van der Waals surface area contributed by atoms with E-state index >= 15 is 0 Å². The summed E-state index contributed by atoms with van der Waals surface area (Å²) in [5.74, 6) is 0.0656. The number of nitrogens with one attached hydrogen (secondary N) is 2. The predicted molar refractivity (Wildman–Crippen MR) is 44.2 cm³/mol. The number of carbonyl (C=O) groups excluding carboxylic acids is 1. The number of hydrogen-bond donors (Lipinski definition) is 2. The van der Waals surface area contributed by atoms with Crippen molar-refractivity contribution in [3.8, 4) is 6.07 Å². The van der Waals surface area contributed by atoms with Gasteiger partial charge >= 0.3 is 0 Å². The van der Waals surface area contributed by atoms with E-state index in [0.717, 1.165) is 25.9 Å². The summed E-state index contributed by atoms with van der Waals surface area (Å²) in [6.45, 7) is 1.87. The third-order valence-electron chi connectivity index (χ3n) is 2.01. The summed E-state index contributed by atoms with van der Waals surface area (Å²) < 4.78 is 0. The molecule has 0 spiro atoms. The van der Waals surface area contributed by atoms with E-state index < -0.39 is 0 Å². The van der Waals surface area contributed by atoms with Crippen LogP contribution in [0.1, 0.15) is 12.8 Å². The van der Waals surface area contributed by atoms with Gasteiger partial charge in [-0.25, -0.2) is 0 Å². The number of piperidine rings is 1. The molecular formula is C8H13N3O. The van der Waals surface area contributed by atoms with Crippen LogP contribution in [0.5, 0.6) is 0 Å². The van der Waals surface area contributed by atoms with Crippen molar-refractivity contribution in [3.63, 3.8) is 0 Å². The molecule has 0 bridgehead atoms. The molecule has 1 saturated heterocycles. The van der Waals surface area contributed by atoms with E-state index in [1.807, 2.05) is 6.07 Å². The molecule has 1 fully saturated rings. The van der Waals surface area contributed by atoms with E-state index in [1.54, 1.807) is 0 Å². The van der Waals surface area contributed by atoms with Gasteiger partial charge in [-0.15, -0.1) is 0 Å². The number of nitrogens with zero attached hydrogens (tertiary/aromatic N) is 1. The van der Waals surface area contributed by atoms with Gasteiger partial charge in [-0.1, -0.05) is 0 Å². The van der Waals surface area contributed by atoms with Crippen molar-refractivity contribution in [3.05, 3.63) is 0 Å². The summed E-state index contributed by atoms with van der Waals surface area (Å²) in [5, 5.41) is 13.9. The van der Waals surface area contributed by atoms with Gasteiger partial charge in [0, 0.05) is 6.54 Å². The van der Waals surface area contributed by atoms with Crippen LogP contribution in [-0.2, 0) is 4.79 Å². The Labute approximate surface area is 71.9 Å². The van der Waals surface area contributed by atoms with Crippen LogP contribution in [0.25, 0.3) is 0 Å². The SMILES string of the molecule is N#CCNC(=O)[C@H]1CCCNC1. The Morgan fingerprint density at radius 2 is 2.58 bits per heavy atom. The van der Waals surface area contributed by atoms with Gasteiger partial charge in [0.25, 0.3) is 0 Å². The molecule has 0 aromatic carbocycles. The highest BCUT2D eigenvalue weighted by Gasteiger charge is 2.19. The number of amides is 1. The minimum absolute atomic E-state index is 0.00347. The maximum Gasteiger partial charge on any atom is 0.225 e. The van der Waals surface area contributed by atoms with Crippen molar-refractivity contribution in [2.24, 2.45) is 5.92 Å². The minimum atomic E-state index is 0.00347. The van der Waals surface area contributed by atoms with Gasteiger partial charge in [0.2, 0.25) is 5.91 Å². The first-order valence-corrected chi connectivity index (χ1v) is 4.20. The zero-order valence-corrected chi connectivity index (χ0v) is 6.97. The molecule has 4 nitrogen and oxygen atoms in total. The third kappa shape index (κ3) is 2.51. The lowest BCUT2D eigenvalue weighted by Gasteiger charge is -2.21. The summed E-state index contributed by atoms with van der Waals surface area (Å²) in [4.78, 5) is 11.3. The highest BCUT2D eigenvalue weighted by molar-refractivity contribution is 5.79. The summed E-state index contributed by atoms with van der Waals surface area (Å²) in [6.07, 6.45) is 1.98. The Hall–Kier alpha value is -1.08. The Balaban J connectivity index is 2.26. The maximum atomic E-state index is 11.3. The second kappa shape index (κ2) is 4.73. The molecule has 0 unspecified atom stereocenters. The first-order valence-electron chi connectivity index (χ1n) is 4.20. The van der Waals surface area contributed by atoms with E-state index in [0.29, 0.717) is 0 Å². The molecule has 2 N–H and O–H groups in total. The van der Waals surface area contributed by atoms with Crippen molar-refractivity contribution in [1.82, 2.24) is 10.6 Å². The highest BCUT2D eigenvalue weighted by atomic mass is 16.1. The molecule has 0 aromatic rings.